The molecule has 0 atom stereocenters. The third kappa shape index (κ3) is 4.81. The highest BCUT2D eigenvalue weighted by Crippen LogP contribution is 2.37. The molecule has 0 unspecified atom stereocenters. The van der Waals surface area contributed by atoms with Crippen LogP contribution in [0.4, 0.5) is 4.39 Å². The van der Waals surface area contributed by atoms with Gasteiger partial charge in [0.1, 0.15) is 22.9 Å². The lowest BCUT2D eigenvalue weighted by molar-refractivity contribution is 0.00160. The minimum atomic E-state index is -0.620. The van der Waals surface area contributed by atoms with E-state index in [-0.39, 0.29) is 16.9 Å². The smallest absolute Gasteiger partial charge is 0.328 e. The van der Waals surface area contributed by atoms with Gasteiger partial charge in [-0.3, -0.25) is 18.4 Å². The second-order valence-electron chi connectivity index (χ2n) is 13.2. The maximum Gasteiger partial charge on any atom is 0.328 e. The maximum absolute atomic E-state index is 15.7. The number of fused-ring (bicyclic) bond motifs is 2. The van der Waals surface area contributed by atoms with Crippen LogP contribution in [0.5, 0.6) is 5.75 Å². The van der Waals surface area contributed by atoms with Crippen LogP contribution in [-0.4, -0.2) is 45.8 Å². The molecule has 10 heteroatoms. The first-order valence-corrected chi connectivity index (χ1v) is 14.5. The highest BCUT2D eigenvalue weighted by Gasteiger charge is 2.30. The number of hydrogen-bond donors (Lipinski definition) is 1. The number of hydrogen-bond acceptors (Lipinski definition) is 5. The van der Waals surface area contributed by atoms with Crippen molar-refractivity contribution in [3.8, 4) is 22.6 Å². The Balaban J connectivity index is 1.52. The minimum absolute atomic E-state index is 0.153. The fraction of sp³-hybridized carbons (Fsp3) is 0.469. The molecule has 1 fully saturated rings. The normalized spacial score (nSPS) is 19.7. The van der Waals surface area contributed by atoms with E-state index in [2.05, 4.69) is 25.9 Å². The molecule has 1 N–H and O–H groups in total. The highest BCUT2D eigenvalue weighted by atomic mass is 19.1. The molecule has 9 nitrogen and oxygen atoms in total. The largest absolute Gasteiger partial charge is 0.491 e. The van der Waals surface area contributed by atoms with Crippen molar-refractivity contribution in [1.29, 1.82) is 0 Å². The zero-order chi connectivity index (χ0) is 30.1. The molecule has 0 spiro atoms. The number of halogens is 1. The molecule has 6 rings (SSSR count). The van der Waals surface area contributed by atoms with E-state index >= 15 is 4.39 Å². The van der Waals surface area contributed by atoms with Crippen LogP contribution in [0.3, 0.4) is 0 Å². The first kappa shape index (κ1) is 28.2. The lowest BCUT2D eigenvalue weighted by Gasteiger charge is -2.32. The number of aliphatic hydroxyl groups is 1. The van der Waals surface area contributed by atoms with Crippen LogP contribution in [0.2, 0.25) is 0 Å². The van der Waals surface area contributed by atoms with Gasteiger partial charge in [0.2, 0.25) is 0 Å². The molecule has 1 aliphatic rings. The molecule has 3 heterocycles. The number of aryl methyl sites for hydroxylation is 3. The average molecular weight is 575 g/mol. The van der Waals surface area contributed by atoms with Gasteiger partial charge in [-0.2, -0.15) is 5.10 Å². The van der Waals surface area contributed by atoms with E-state index < -0.39 is 5.60 Å². The quantitative estimate of drug-likeness (QED) is 0.305. The van der Waals surface area contributed by atoms with E-state index in [1.54, 1.807) is 53.4 Å². The Labute approximate surface area is 244 Å². The average Bonchev–Trinajstić information content (AvgIpc) is 3.58. The van der Waals surface area contributed by atoms with Gasteiger partial charge in [-0.1, -0.05) is 20.8 Å². The summed E-state index contributed by atoms with van der Waals surface area (Å²) in [5, 5.41) is 14.6. The van der Waals surface area contributed by atoms with Crippen molar-refractivity contribution in [1.82, 2.24) is 28.5 Å². The van der Waals surface area contributed by atoms with Gasteiger partial charge in [-0.05, 0) is 50.7 Å². The predicted molar refractivity (Wildman–Crippen MR) is 162 cm³/mol. The molecule has 0 aliphatic heterocycles. The van der Waals surface area contributed by atoms with Gasteiger partial charge in [-0.25, -0.2) is 14.2 Å². The van der Waals surface area contributed by atoms with Gasteiger partial charge in [0.25, 0.3) is 0 Å². The number of ether oxygens (including phenoxy) is 1. The number of benzene rings is 2. The van der Waals surface area contributed by atoms with Crippen LogP contribution in [-0.2, 0) is 26.6 Å². The number of aromatic nitrogens is 6. The maximum atomic E-state index is 15.7. The van der Waals surface area contributed by atoms with E-state index in [9.17, 15) is 9.90 Å². The van der Waals surface area contributed by atoms with E-state index in [0.717, 1.165) is 42.7 Å². The fourth-order valence-corrected chi connectivity index (χ4v) is 6.15. The third-order valence-electron chi connectivity index (χ3n) is 8.66. The molecule has 3 aromatic heterocycles. The Morgan fingerprint density at radius 2 is 1.79 bits per heavy atom. The van der Waals surface area contributed by atoms with Gasteiger partial charge in [0, 0.05) is 56.0 Å². The highest BCUT2D eigenvalue weighted by molar-refractivity contribution is 5.88. The molecular formula is C32H39FN6O3. The topological polar surface area (TPSA) is 92.0 Å². The molecule has 42 heavy (non-hydrogen) atoms. The zero-order valence-electron chi connectivity index (χ0n) is 25.4. The van der Waals surface area contributed by atoms with E-state index in [0.29, 0.717) is 46.0 Å². The summed E-state index contributed by atoms with van der Waals surface area (Å²) in [4.78, 5) is 18.1. The molecule has 0 radical (unpaired) electrons. The Morgan fingerprint density at radius 1 is 1.07 bits per heavy atom. The van der Waals surface area contributed by atoms with E-state index in [4.69, 9.17) is 9.72 Å². The number of rotatable bonds is 5. The Morgan fingerprint density at radius 3 is 2.43 bits per heavy atom. The summed E-state index contributed by atoms with van der Waals surface area (Å²) in [5.74, 6) is 1.30. The lowest BCUT2D eigenvalue weighted by atomic mass is 9.80. The van der Waals surface area contributed by atoms with Crippen LogP contribution in [0.15, 0.2) is 41.5 Å². The van der Waals surface area contributed by atoms with Crippen molar-refractivity contribution in [2.75, 3.05) is 6.61 Å². The standard InChI is InChI=1S/C32H39FN6O3/c1-31(2,3)29-35-24-14-22(20-16-34-36(5)17-20)23(33)15-25(24)39(29)21-12-26-28(38(7)30(40)37(26)6)27(13-21)42-18-19-8-10-32(4,41)11-9-19/h12-17,19,41H,8-11,18H2,1-7H3. The third-order valence-corrected chi connectivity index (χ3v) is 8.66. The van der Waals surface area contributed by atoms with Gasteiger partial charge >= 0.3 is 5.69 Å². The van der Waals surface area contributed by atoms with Gasteiger partial charge < -0.3 is 9.84 Å². The molecule has 222 valence electrons. The van der Waals surface area contributed by atoms with Crippen LogP contribution < -0.4 is 10.4 Å². The lowest BCUT2D eigenvalue weighted by Crippen LogP contribution is -2.32. The summed E-state index contributed by atoms with van der Waals surface area (Å²) in [6.07, 6.45) is 6.66. The van der Waals surface area contributed by atoms with Crippen LogP contribution in [0.1, 0.15) is 59.2 Å². The van der Waals surface area contributed by atoms with Crippen molar-refractivity contribution in [2.24, 2.45) is 27.1 Å². The first-order chi connectivity index (χ1) is 19.7. The predicted octanol–water partition coefficient (Wildman–Crippen LogP) is 5.37. The molecule has 0 saturated heterocycles. The molecule has 5 aromatic rings. The monoisotopic (exact) mass is 574 g/mol. The van der Waals surface area contributed by atoms with Crippen LogP contribution >= 0.6 is 0 Å². The summed E-state index contributed by atoms with van der Waals surface area (Å²) in [6.45, 7) is 8.61. The van der Waals surface area contributed by atoms with Crippen molar-refractivity contribution < 1.29 is 14.2 Å². The van der Waals surface area contributed by atoms with Gasteiger partial charge in [-0.15, -0.1) is 0 Å². The second-order valence-corrected chi connectivity index (χ2v) is 13.2. The summed E-state index contributed by atoms with van der Waals surface area (Å²) in [7, 11) is 5.30. The van der Waals surface area contributed by atoms with E-state index in [1.807, 2.05) is 23.6 Å². The zero-order valence-corrected chi connectivity index (χ0v) is 25.4. The Hall–Kier alpha value is -3.92. The summed E-state index contributed by atoms with van der Waals surface area (Å²) >= 11 is 0. The fourth-order valence-electron chi connectivity index (χ4n) is 6.15. The SMILES string of the molecule is Cn1cc(-c2cc3nc(C(C)(C)C)n(-c4cc(OCC5CCC(C)(O)CC5)c5c(c4)n(C)c(=O)n5C)c3cc2F)cn1. The van der Waals surface area contributed by atoms with Crippen molar-refractivity contribution in [3.05, 3.63) is 58.8 Å². The molecular weight excluding hydrogens is 535 g/mol. The summed E-state index contributed by atoms with van der Waals surface area (Å²) < 4.78 is 29.0. The van der Waals surface area contributed by atoms with Crippen molar-refractivity contribution in [3.63, 3.8) is 0 Å². The summed E-state index contributed by atoms with van der Waals surface area (Å²) in [5.41, 5.74) is 3.44. The Kier molecular flexibility index (Phi) is 6.60. The minimum Gasteiger partial charge on any atom is -0.491 e. The number of nitrogens with zero attached hydrogens (tertiary/aromatic N) is 6. The van der Waals surface area contributed by atoms with Crippen molar-refractivity contribution >= 4 is 22.1 Å². The van der Waals surface area contributed by atoms with Crippen molar-refractivity contribution in [2.45, 2.75) is 64.4 Å². The second kappa shape index (κ2) is 9.83. The summed E-state index contributed by atoms with van der Waals surface area (Å²) in [6, 6.07) is 7.19. The first-order valence-electron chi connectivity index (χ1n) is 14.5. The van der Waals surface area contributed by atoms with Crippen LogP contribution in [0, 0.1) is 11.7 Å². The van der Waals surface area contributed by atoms with Crippen LogP contribution in [0.25, 0.3) is 38.9 Å². The molecule has 0 bridgehead atoms. The Bertz CT molecular complexity index is 1870. The van der Waals surface area contributed by atoms with Gasteiger partial charge in [0.15, 0.2) is 0 Å². The number of imidazole rings is 2. The molecule has 0 amide bonds. The van der Waals surface area contributed by atoms with Gasteiger partial charge in [0.05, 0.1) is 40.6 Å². The molecule has 1 saturated carbocycles. The molecule has 1 aliphatic carbocycles. The van der Waals surface area contributed by atoms with E-state index in [1.165, 1.54) is 6.07 Å². The molecule has 2 aromatic carbocycles.